The highest BCUT2D eigenvalue weighted by Gasteiger charge is 2.15. The zero-order valence-electron chi connectivity index (χ0n) is 13.5. The molecule has 0 saturated carbocycles. The molecule has 0 heterocycles. The number of rotatable bonds is 2. The van der Waals surface area contributed by atoms with E-state index in [2.05, 4.69) is 17.2 Å². The molecule has 0 atom stereocenters. The molecule has 5 nitrogen and oxygen atoms in total. The summed E-state index contributed by atoms with van der Waals surface area (Å²) in [4.78, 5) is 22.5. The number of carbonyl (C=O) groups is 2. The van der Waals surface area contributed by atoms with E-state index in [4.69, 9.17) is 9.84 Å². The van der Waals surface area contributed by atoms with E-state index in [9.17, 15) is 9.59 Å². The van der Waals surface area contributed by atoms with Gasteiger partial charge in [0.05, 0.1) is 12.1 Å². The molecule has 1 aromatic rings. The molecule has 0 fully saturated rings. The summed E-state index contributed by atoms with van der Waals surface area (Å²) in [5, 5.41) is 11.6. The molecule has 0 aliphatic rings. The first-order valence-corrected chi connectivity index (χ1v) is 6.90. The van der Waals surface area contributed by atoms with Gasteiger partial charge in [0.2, 0.25) is 0 Å². The largest absolute Gasteiger partial charge is 0.478 e. The SMILES string of the molecule is Cc1cc(C#CCNC(=O)OC(C)(C)C)cc(C)c1C(=O)O. The Balaban J connectivity index is 2.70. The molecule has 0 bridgehead atoms. The number of carbonyl (C=O) groups excluding carboxylic acids is 1. The third kappa shape index (κ3) is 5.49. The Bertz CT molecular complexity index is 622. The summed E-state index contributed by atoms with van der Waals surface area (Å²) in [6.45, 7) is 8.99. The van der Waals surface area contributed by atoms with Gasteiger partial charge in [-0.2, -0.15) is 0 Å². The smallest absolute Gasteiger partial charge is 0.408 e. The van der Waals surface area contributed by atoms with Gasteiger partial charge in [-0.25, -0.2) is 9.59 Å². The lowest BCUT2D eigenvalue weighted by Gasteiger charge is -2.19. The van der Waals surface area contributed by atoms with E-state index >= 15 is 0 Å². The van der Waals surface area contributed by atoms with Gasteiger partial charge in [-0.1, -0.05) is 11.8 Å². The standard InChI is InChI=1S/C17H21NO4/c1-11-9-13(10-12(2)14(11)15(19)20)7-6-8-18-16(21)22-17(3,4)5/h9-10H,8H2,1-5H3,(H,18,21)(H,19,20). The first-order chi connectivity index (χ1) is 10.1. The molecule has 0 unspecified atom stereocenters. The van der Waals surface area contributed by atoms with E-state index < -0.39 is 17.7 Å². The van der Waals surface area contributed by atoms with E-state index in [0.29, 0.717) is 22.3 Å². The molecule has 1 amide bonds. The summed E-state index contributed by atoms with van der Waals surface area (Å²) in [6.07, 6.45) is -0.518. The number of hydrogen-bond donors (Lipinski definition) is 2. The maximum absolute atomic E-state index is 11.4. The maximum atomic E-state index is 11.4. The van der Waals surface area contributed by atoms with Crippen molar-refractivity contribution in [3.63, 3.8) is 0 Å². The van der Waals surface area contributed by atoms with Crippen LogP contribution in [0.1, 0.15) is 47.8 Å². The summed E-state index contributed by atoms with van der Waals surface area (Å²) >= 11 is 0. The monoisotopic (exact) mass is 303 g/mol. The van der Waals surface area contributed by atoms with Gasteiger partial charge in [0, 0.05) is 5.56 Å². The second kappa shape index (κ2) is 6.99. The fourth-order valence-electron chi connectivity index (χ4n) is 1.95. The van der Waals surface area contributed by atoms with Crippen molar-refractivity contribution in [1.29, 1.82) is 0 Å². The van der Waals surface area contributed by atoms with Crippen LogP contribution in [0.5, 0.6) is 0 Å². The van der Waals surface area contributed by atoms with Crippen LogP contribution < -0.4 is 5.32 Å². The minimum Gasteiger partial charge on any atom is -0.478 e. The predicted octanol–water partition coefficient (Wildman–Crippen LogP) is 2.88. The van der Waals surface area contributed by atoms with Gasteiger partial charge in [-0.15, -0.1) is 0 Å². The van der Waals surface area contributed by atoms with Crippen molar-refractivity contribution in [2.75, 3.05) is 6.54 Å². The minimum absolute atomic E-state index is 0.160. The van der Waals surface area contributed by atoms with Gasteiger partial charge in [0.15, 0.2) is 0 Å². The van der Waals surface area contributed by atoms with Crippen LogP contribution in [-0.4, -0.2) is 29.3 Å². The van der Waals surface area contributed by atoms with Crippen LogP contribution in [0.4, 0.5) is 4.79 Å². The summed E-state index contributed by atoms with van der Waals surface area (Å²) in [6, 6.07) is 3.44. The van der Waals surface area contributed by atoms with Crippen molar-refractivity contribution in [3.8, 4) is 11.8 Å². The fourth-order valence-corrected chi connectivity index (χ4v) is 1.95. The number of hydrogen-bond acceptors (Lipinski definition) is 3. The van der Waals surface area contributed by atoms with Crippen LogP contribution in [0.15, 0.2) is 12.1 Å². The quantitative estimate of drug-likeness (QED) is 0.824. The van der Waals surface area contributed by atoms with Gasteiger partial charge < -0.3 is 15.2 Å². The van der Waals surface area contributed by atoms with Gasteiger partial charge in [-0.05, 0) is 57.9 Å². The third-order valence-corrected chi connectivity index (χ3v) is 2.70. The highest BCUT2D eigenvalue weighted by Crippen LogP contribution is 2.16. The van der Waals surface area contributed by atoms with Crippen molar-refractivity contribution in [1.82, 2.24) is 5.32 Å². The number of aromatic carboxylic acids is 1. The fraction of sp³-hybridized carbons (Fsp3) is 0.412. The Morgan fingerprint density at radius 1 is 1.23 bits per heavy atom. The molecule has 22 heavy (non-hydrogen) atoms. The third-order valence-electron chi connectivity index (χ3n) is 2.70. The Morgan fingerprint density at radius 3 is 2.23 bits per heavy atom. The predicted molar refractivity (Wildman–Crippen MR) is 84.0 cm³/mol. The molecular weight excluding hydrogens is 282 g/mol. The van der Waals surface area contributed by atoms with Crippen molar-refractivity contribution in [2.24, 2.45) is 0 Å². The van der Waals surface area contributed by atoms with E-state index in [0.717, 1.165) is 0 Å². The molecule has 0 aromatic heterocycles. The van der Waals surface area contributed by atoms with Crippen LogP contribution in [0.25, 0.3) is 0 Å². The van der Waals surface area contributed by atoms with Crippen molar-refractivity contribution < 1.29 is 19.4 Å². The lowest BCUT2D eigenvalue weighted by molar-refractivity contribution is 0.0534. The molecule has 1 aromatic carbocycles. The van der Waals surface area contributed by atoms with Crippen molar-refractivity contribution in [3.05, 3.63) is 34.4 Å². The molecule has 0 saturated heterocycles. The van der Waals surface area contributed by atoms with Crippen molar-refractivity contribution >= 4 is 12.1 Å². The molecule has 0 radical (unpaired) electrons. The number of nitrogens with one attached hydrogen (secondary N) is 1. The summed E-state index contributed by atoms with van der Waals surface area (Å²) in [7, 11) is 0. The average Bonchev–Trinajstić information content (AvgIpc) is 2.31. The first-order valence-electron chi connectivity index (χ1n) is 6.90. The van der Waals surface area contributed by atoms with E-state index in [1.807, 2.05) is 0 Å². The van der Waals surface area contributed by atoms with E-state index in [-0.39, 0.29) is 6.54 Å². The molecule has 118 valence electrons. The minimum atomic E-state index is -0.943. The zero-order chi connectivity index (χ0) is 16.9. The number of ether oxygens (including phenoxy) is 1. The number of carboxylic acid groups (broad SMARTS) is 1. The van der Waals surface area contributed by atoms with Gasteiger partial charge in [0.1, 0.15) is 5.60 Å². The average molecular weight is 303 g/mol. The second-order valence-electron chi connectivity index (χ2n) is 5.95. The Morgan fingerprint density at radius 2 is 1.77 bits per heavy atom. The van der Waals surface area contributed by atoms with Gasteiger partial charge in [-0.3, -0.25) is 0 Å². The normalized spacial score (nSPS) is 10.4. The van der Waals surface area contributed by atoms with Crippen LogP contribution in [0, 0.1) is 25.7 Å². The maximum Gasteiger partial charge on any atom is 0.408 e. The lowest BCUT2D eigenvalue weighted by Crippen LogP contribution is -2.32. The number of benzene rings is 1. The van der Waals surface area contributed by atoms with E-state index in [1.54, 1.807) is 46.8 Å². The Hall–Kier alpha value is -2.48. The topological polar surface area (TPSA) is 75.6 Å². The van der Waals surface area contributed by atoms with Crippen LogP contribution in [-0.2, 0) is 4.74 Å². The molecule has 0 spiro atoms. The first kappa shape index (κ1) is 17.6. The number of carboxylic acids is 1. The second-order valence-corrected chi connectivity index (χ2v) is 5.95. The molecule has 1 rings (SSSR count). The molecule has 5 heteroatoms. The Labute approximate surface area is 130 Å². The summed E-state index contributed by atoms with van der Waals surface area (Å²) in [5.41, 5.74) is 1.80. The van der Waals surface area contributed by atoms with Crippen molar-refractivity contribution in [2.45, 2.75) is 40.2 Å². The summed E-state index contributed by atoms with van der Waals surface area (Å²) in [5.74, 6) is 4.77. The van der Waals surface area contributed by atoms with Crippen LogP contribution in [0.2, 0.25) is 0 Å². The number of amides is 1. The lowest BCUT2D eigenvalue weighted by atomic mass is 9.99. The highest BCUT2D eigenvalue weighted by atomic mass is 16.6. The van der Waals surface area contributed by atoms with Gasteiger partial charge >= 0.3 is 12.1 Å². The number of aryl methyl sites for hydroxylation is 2. The molecule has 2 N–H and O–H groups in total. The van der Waals surface area contributed by atoms with E-state index in [1.165, 1.54) is 0 Å². The molecular formula is C17H21NO4. The van der Waals surface area contributed by atoms with Crippen LogP contribution in [0.3, 0.4) is 0 Å². The molecule has 0 aliphatic heterocycles. The summed E-state index contributed by atoms with van der Waals surface area (Å²) < 4.78 is 5.09. The zero-order valence-corrected chi connectivity index (χ0v) is 13.5. The van der Waals surface area contributed by atoms with Gasteiger partial charge in [0.25, 0.3) is 0 Å². The highest BCUT2D eigenvalue weighted by molar-refractivity contribution is 5.91. The van der Waals surface area contributed by atoms with Crippen LogP contribution >= 0.6 is 0 Å². The Kier molecular flexibility index (Phi) is 5.58. The number of alkyl carbamates (subject to hydrolysis) is 1. The molecule has 0 aliphatic carbocycles.